The molecule has 3 rings (SSSR count). The number of benzene rings is 2. The normalized spacial score (nSPS) is 15.0. The van der Waals surface area contributed by atoms with E-state index in [1.165, 1.54) is 0 Å². The Bertz CT molecular complexity index is 1090. The number of likely N-dealkylation sites (tertiary alicyclic amines) is 1. The second-order valence-electron chi connectivity index (χ2n) is 10.2. The zero-order valence-electron chi connectivity index (χ0n) is 21.6. The van der Waals surface area contributed by atoms with Crippen LogP contribution in [0.3, 0.4) is 0 Å². The zero-order chi connectivity index (χ0) is 27.2. The number of hydrogen-bond acceptors (Lipinski definition) is 4. The molecule has 2 aromatic carbocycles. The van der Waals surface area contributed by atoms with Gasteiger partial charge in [-0.15, -0.1) is 0 Å². The number of hydrogen-bond donors (Lipinski definition) is 3. The molecule has 0 spiro atoms. The van der Waals surface area contributed by atoms with Crippen molar-refractivity contribution in [3.8, 4) is 0 Å². The van der Waals surface area contributed by atoms with Gasteiger partial charge in [-0.2, -0.15) is 0 Å². The van der Waals surface area contributed by atoms with Crippen molar-refractivity contribution in [3.05, 3.63) is 58.1 Å². The Hall–Kier alpha value is -2.97. The molecule has 0 aliphatic carbocycles. The van der Waals surface area contributed by atoms with Crippen molar-refractivity contribution in [3.63, 3.8) is 0 Å². The maximum absolute atomic E-state index is 12.7. The molecule has 1 heterocycles. The maximum Gasteiger partial charge on any atom is 0.407 e. The van der Waals surface area contributed by atoms with Gasteiger partial charge in [0.1, 0.15) is 5.60 Å². The minimum atomic E-state index is -0.596. The first-order chi connectivity index (χ1) is 17.4. The fourth-order valence-corrected chi connectivity index (χ4v) is 4.60. The third-order valence-electron chi connectivity index (χ3n) is 5.90. The van der Waals surface area contributed by atoms with E-state index in [1.54, 1.807) is 50.8 Å². The van der Waals surface area contributed by atoms with E-state index in [0.717, 1.165) is 18.4 Å². The van der Waals surface area contributed by atoms with Crippen molar-refractivity contribution in [2.24, 2.45) is 0 Å². The average Bonchev–Trinajstić information content (AvgIpc) is 2.80. The molecule has 0 aromatic heterocycles. The Morgan fingerprint density at radius 1 is 1.00 bits per heavy atom. The number of nitrogens with one attached hydrogen (secondary N) is 3. The predicted molar refractivity (Wildman–Crippen MR) is 148 cm³/mol. The summed E-state index contributed by atoms with van der Waals surface area (Å²) in [4.78, 5) is 38.7. The monoisotopic (exact) mass is 548 g/mol. The molecule has 200 valence electrons. The van der Waals surface area contributed by atoms with Gasteiger partial charge in [0, 0.05) is 31.2 Å². The van der Waals surface area contributed by atoms with E-state index >= 15 is 0 Å². The van der Waals surface area contributed by atoms with Crippen molar-refractivity contribution in [2.75, 3.05) is 23.7 Å². The van der Waals surface area contributed by atoms with Crippen LogP contribution in [-0.4, -0.2) is 47.7 Å². The standard InChI is InChI=1S/C27H34Cl2N4O4/c1-17(30-26(36)37-27(2,3)4)16-23(34)31-20-10-8-18(9-11-20)19-12-14-33(15-13-19)25(35)32-24-21(28)6-5-7-22(24)29/h5-11,17,19H,12-16H2,1-4H3,(H,30,36)(H,31,34)(H,32,35). The van der Waals surface area contributed by atoms with Gasteiger partial charge in [-0.1, -0.05) is 41.4 Å². The third-order valence-corrected chi connectivity index (χ3v) is 6.53. The molecular formula is C27H34Cl2N4O4. The van der Waals surface area contributed by atoms with Crippen LogP contribution in [-0.2, 0) is 9.53 Å². The second kappa shape index (κ2) is 12.5. The van der Waals surface area contributed by atoms with Gasteiger partial charge in [0.25, 0.3) is 0 Å². The molecule has 1 fully saturated rings. The van der Waals surface area contributed by atoms with Gasteiger partial charge < -0.3 is 25.6 Å². The Morgan fingerprint density at radius 2 is 1.59 bits per heavy atom. The summed E-state index contributed by atoms with van der Waals surface area (Å²) in [5, 5.41) is 9.15. The van der Waals surface area contributed by atoms with Crippen LogP contribution < -0.4 is 16.0 Å². The van der Waals surface area contributed by atoms with Gasteiger partial charge >= 0.3 is 12.1 Å². The molecule has 1 saturated heterocycles. The minimum absolute atomic E-state index is 0.126. The van der Waals surface area contributed by atoms with Crippen molar-refractivity contribution in [1.82, 2.24) is 10.2 Å². The molecule has 1 aliphatic rings. The molecule has 10 heteroatoms. The lowest BCUT2D eigenvalue weighted by Crippen LogP contribution is -2.40. The predicted octanol–water partition coefficient (Wildman–Crippen LogP) is 6.65. The molecule has 37 heavy (non-hydrogen) atoms. The quantitative estimate of drug-likeness (QED) is 0.376. The largest absolute Gasteiger partial charge is 0.444 e. The van der Waals surface area contributed by atoms with Gasteiger partial charge in [0.15, 0.2) is 0 Å². The molecule has 0 radical (unpaired) electrons. The molecule has 4 amide bonds. The van der Waals surface area contributed by atoms with Crippen LogP contribution in [0.2, 0.25) is 10.0 Å². The number of halogens is 2. The number of alkyl carbamates (subject to hydrolysis) is 1. The van der Waals surface area contributed by atoms with Crippen molar-refractivity contribution in [2.45, 2.75) is 64.5 Å². The van der Waals surface area contributed by atoms with Crippen LogP contribution in [0.25, 0.3) is 0 Å². The summed E-state index contributed by atoms with van der Waals surface area (Å²) in [6.07, 6.45) is 1.22. The summed E-state index contributed by atoms with van der Waals surface area (Å²) < 4.78 is 5.22. The molecule has 8 nitrogen and oxygen atoms in total. The highest BCUT2D eigenvalue weighted by atomic mass is 35.5. The van der Waals surface area contributed by atoms with E-state index in [2.05, 4.69) is 16.0 Å². The lowest BCUT2D eigenvalue weighted by molar-refractivity contribution is -0.116. The molecule has 1 aliphatic heterocycles. The Balaban J connectivity index is 1.45. The Morgan fingerprint density at radius 3 is 2.16 bits per heavy atom. The van der Waals surface area contributed by atoms with Crippen LogP contribution >= 0.6 is 23.2 Å². The number of urea groups is 1. The Labute approximate surface area is 228 Å². The number of carbonyl (C=O) groups excluding carboxylic acids is 3. The fraction of sp³-hybridized carbons (Fsp3) is 0.444. The molecular weight excluding hydrogens is 515 g/mol. The van der Waals surface area contributed by atoms with Crippen molar-refractivity contribution in [1.29, 1.82) is 0 Å². The molecule has 0 bridgehead atoms. The van der Waals surface area contributed by atoms with Gasteiger partial charge in [-0.05, 0) is 76.3 Å². The maximum atomic E-state index is 12.7. The number of ether oxygens (including phenoxy) is 1. The van der Waals surface area contributed by atoms with Gasteiger partial charge in [0.05, 0.1) is 15.7 Å². The lowest BCUT2D eigenvalue weighted by Gasteiger charge is -2.32. The fourth-order valence-electron chi connectivity index (χ4n) is 4.11. The Kier molecular flexibility index (Phi) is 9.68. The van der Waals surface area contributed by atoms with Crippen LogP contribution in [0, 0.1) is 0 Å². The first-order valence-corrected chi connectivity index (χ1v) is 13.1. The molecule has 0 saturated carbocycles. The minimum Gasteiger partial charge on any atom is -0.444 e. The number of nitrogens with zero attached hydrogens (tertiary/aromatic N) is 1. The topological polar surface area (TPSA) is 99.8 Å². The number of piperidine rings is 1. The first kappa shape index (κ1) is 28.6. The summed E-state index contributed by atoms with van der Waals surface area (Å²) in [7, 11) is 0. The zero-order valence-corrected chi connectivity index (χ0v) is 23.1. The molecule has 2 aromatic rings. The van der Waals surface area contributed by atoms with E-state index in [-0.39, 0.29) is 24.4 Å². The molecule has 1 atom stereocenters. The van der Waals surface area contributed by atoms with Crippen LogP contribution in [0.5, 0.6) is 0 Å². The number of carbonyl (C=O) groups is 3. The van der Waals surface area contributed by atoms with Gasteiger partial charge in [0.2, 0.25) is 5.91 Å². The van der Waals surface area contributed by atoms with Crippen LogP contribution in [0.4, 0.5) is 21.0 Å². The lowest BCUT2D eigenvalue weighted by atomic mass is 9.89. The SMILES string of the molecule is CC(CC(=O)Nc1ccc(C2CCN(C(=O)Nc3c(Cl)cccc3Cl)CC2)cc1)NC(=O)OC(C)(C)C. The summed E-state index contributed by atoms with van der Waals surface area (Å²) >= 11 is 12.3. The van der Waals surface area contributed by atoms with Crippen molar-refractivity contribution >= 4 is 52.6 Å². The summed E-state index contributed by atoms with van der Waals surface area (Å²) in [6, 6.07) is 12.3. The van der Waals surface area contributed by atoms with Gasteiger partial charge in [-0.3, -0.25) is 4.79 Å². The van der Waals surface area contributed by atoms with Gasteiger partial charge in [-0.25, -0.2) is 9.59 Å². The number of rotatable bonds is 6. The third kappa shape index (κ3) is 8.83. The highest BCUT2D eigenvalue weighted by Gasteiger charge is 2.25. The summed E-state index contributed by atoms with van der Waals surface area (Å²) in [5.41, 5.74) is 1.67. The summed E-state index contributed by atoms with van der Waals surface area (Å²) in [6.45, 7) is 8.33. The molecule has 3 N–H and O–H groups in total. The van der Waals surface area contributed by atoms with E-state index < -0.39 is 11.7 Å². The van der Waals surface area contributed by atoms with Crippen molar-refractivity contribution < 1.29 is 19.1 Å². The number of anilines is 2. The summed E-state index contributed by atoms with van der Waals surface area (Å²) in [5.74, 6) is 0.116. The van der Waals surface area contributed by atoms with Crippen LogP contribution in [0.15, 0.2) is 42.5 Å². The number of amides is 4. The average molecular weight is 549 g/mol. The smallest absolute Gasteiger partial charge is 0.407 e. The van der Waals surface area contributed by atoms with E-state index in [9.17, 15) is 14.4 Å². The van der Waals surface area contributed by atoms with E-state index in [1.807, 2.05) is 24.3 Å². The number of para-hydroxylation sites is 1. The first-order valence-electron chi connectivity index (χ1n) is 12.3. The van der Waals surface area contributed by atoms with Crippen LogP contribution in [0.1, 0.15) is 58.4 Å². The molecule has 1 unspecified atom stereocenters. The van der Waals surface area contributed by atoms with E-state index in [4.69, 9.17) is 27.9 Å². The van der Waals surface area contributed by atoms with E-state index in [0.29, 0.717) is 40.4 Å². The highest BCUT2D eigenvalue weighted by Crippen LogP contribution is 2.32. The highest BCUT2D eigenvalue weighted by molar-refractivity contribution is 6.39. The second-order valence-corrected chi connectivity index (χ2v) is 11.0.